The quantitative estimate of drug-likeness (QED) is 0.890. The number of nitriles is 1. The smallest absolute Gasteiger partial charge is 0.219 e. The van der Waals surface area contributed by atoms with E-state index in [0.717, 1.165) is 21.9 Å². The second-order valence-corrected chi connectivity index (χ2v) is 5.40. The summed E-state index contributed by atoms with van der Waals surface area (Å²) in [7, 11) is 0. The molecule has 1 atom stereocenters. The van der Waals surface area contributed by atoms with Crippen molar-refractivity contribution < 1.29 is 9.90 Å². The summed E-state index contributed by atoms with van der Waals surface area (Å²) in [6.07, 6.45) is 0.401. The van der Waals surface area contributed by atoms with Gasteiger partial charge in [-0.15, -0.1) is 0 Å². The van der Waals surface area contributed by atoms with Crippen LogP contribution in [-0.2, 0) is 4.79 Å². The lowest BCUT2D eigenvalue weighted by Crippen LogP contribution is -2.29. The fraction of sp³-hybridized carbons (Fsp3) is 0.333. The molecule has 114 valence electrons. The molecule has 0 unspecified atom stereocenters. The van der Waals surface area contributed by atoms with E-state index < -0.39 is 0 Å². The van der Waals surface area contributed by atoms with Crippen LogP contribution in [0.2, 0.25) is 0 Å². The monoisotopic (exact) mass is 296 g/mol. The molecule has 2 aromatic rings. The summed E-state index contributed by atoms with van der Waals surface area (Å²) in [4.78, 5) is 11.5. The lowest BCUT2D eigenvalue weighted by Gasteiger charge is -2.19. The number of carbonyl (C=O) groups excluding carboxylic acids is 1. The van der Waals surface area contributed by atoms with Gasteiger partial charge in [-0.3, -0.25) is 4.79 Å². The van der Waals surface area contributed by atoms with Crippen LogP contribution in [-0.4, -0.2) is 24.2 Å². The first kappa shape index (κ1) is 16.0. The van der Waals surface area contributed by atoms with Crippen LogP contribution < -0.4 is 5.32 Å². The summed E-state index contributed by atoms with van der Waals surface area (Å²) in [5, 5.41) is 23.9. The van der Waals surface area contributed by atoms with Crippen LogP contribution in [0.25, 0.3) is 10.8 Å². The lowest BCUT2D eigenvalue weighted by molar-refractivity contribution is -0.120. The minimum absolute atomic E-state index is 0.0617. The number of hydrogen-bond acceptors (Lipinski definition) is 3. The van der Waals surface area contributed by atoms with Gasteiger partial charge in [0, 0.05) is 18.9 Å². The maximum absolute atomic E-state index is 11.5. The third-order valence-electron chi connectivity index (χ3n) is 3.83. The van der Waals surface area contributed by atoms with E-state index in [4.69, 9.17) is 0 Å². The van der Waals surface area contributed by atoms with Gasteiger partial charge >= 0.3 is 0 Å². The number of aliphatic hydroxyl groups is 1. The number of aliphatic hydroxyl groups excluding tert-OH is 1. The van der Waals surface area contributed by atoms with E-state index >= 15 is 0 Å². The number of fused-ring (bicyclic) bond motifs is 1. The highest BCUT2D eigenvalue weighted by Gasteiger charge is 2.18. The van der Waals surface area contributed by atoms with Gasteiger partial charge in [0.1, 0.15) is 0 Å². The van der Waals surface area contributed by atoms with Crippen molar-refractivity contribution in [3.05, 3.63) is 47.0 Å². The third-order valence-corrected chi connectivity index (χ3v) is 3.83. The van der Waals surface area contributed by atoms with Crippen molar-refractivity contribution in [3.8, 4) is 6.07 Å². The van der Waals surface area contributed by atoms with Gasteiger partial charge in [-0.25, -0.2) is 0 Å². The van der Waals surface area contributed by atoms with Crippen LogP contribution >= 0.6 is 0 Å². The summed E-state index contributed by atoms with van der Waals surface area (Å²) >= 11 is 0. The normalized spacial score (nSPS) is 11.9. The Hall–Kier alpha value is -2.38. The number of carbonyl (C=O) groups is 1. The van der Waals surface area contributed by atoms with Crippen molar-refractivity contribution in [1.82, 2.24) is 5.32 Å². The van der Waals surface area contributed by atoms with Gasteiger partial charge in [0.25, 0.3) is 0 Å². The molecule has 4 nitrogen and oxygen atoms in total. The average molecular weight is 296 g/mol. The molecule has 0 saturated heterocycles. The largest absolute Gasteiger partial charge is 0.396 e. The average Bonchev–Trinajstić information content (AvgIpc) is 2.54. The van der Waals surface area contributed by atoms with E-state index in [1.54, 1.807) is 13.0 Å². The number of amides is 1. The van der Waals surface area contributed by atoms with Crippen LogP contribution in [0.4, 0.5) is 0 Å². The Kier molecular flexibility index (Phi) is 5.13. The van der Waals surface area contributed by atoms with Gasteiger partial charge in [-0.2, -0.15) is 5.26 Å². The maximum Gasteiger partial charge on any atom is 0.219 e. The first-order chi connectivity index (χ1) is 10.6. The van der Waals surface area contributed by atoms with Crippen LogP contribution in [0.5, 0.6) is 0 Å². The molecule has 0 saturated carbocycles. The molecule has 4 heteroatoms. The summed E-state index contributed by atoms with van der Waals surface area (Å²) < 4.78 is 0. The van der Waals surface area contributed by atoms with Crippen molar-refractivity contribution in [2.75, 3.05) is 13.2 Å². The lowest BCUT2D eigenvalue weighted by atomic mass is 9.89. The van der Waals surface area contributed by atoms with E-state index in [1.807, 2.05) is 31.2 Å². The molecule has 0 bridgehead atoms. The minimum Gasteiger partial charge on any atom is -0.396 e. The van der Waals surface area contributed by atoms with Crippen LogP contribution in [0, 0.1) is 18.3 Å². The number of hydrogen-bond donors (Lipinski definition) is 2. The fourth-order valence-electron chi connectivity index (χ4n) is 2.61. The zero-order valence-corrected chi connectivity index (χ0v) is 12.9. The number of nitrogens with zero attached hydrogens (tertiary/aromatic N) is 1. The highest BCUT2D eigenvalue weighted by Crippen LogP contribution is 2.29. The zero-order valence-electron chi connectivity index (χ0n) is 12.9. The van der Waals surface area contributed by atoms with Crippen molar-refractivity contribution in [2.24, 2.45) is 0 Å². The van der Waals surface area contributed by atoms with Crippen LogP contribution in [0.15, 0.2) is 30.3 Å². The number of rotatable bonds is 5. The highest BCUT2D eigenvalue weighted by atomic mass is 16.3. The minimum atomic E-state index is -0.296. The molecule has 0 aliphatic heterocycles. The van der Waals surface area contributed by atoms with Crippen molar-refractivity contribution in [3.63, 3.8) is 0 Å². The van der Waals surface area contributed by atoms with E-state index in [-0.39, 0.29) is 18.4 Å². The number of benzene rings is 2. The molecular formula is C18H20N2O2. The van der Waals surface area contributed by atoms with E-state index in [2.05, 4.69) is 11.4 Å². The van der Waals surface area contributed by atoms with Crippen molar-refractivity contribution >= 4 is 16.7 Å². The summed E-state index contributed by atoms with van der Waals surface area (Å²) in [6.45, 7) is 3.98. The molecule has 0 aliphatic carbocycles. The van der Waals surface area contributed by atoms with Gasteiger partial charge in [0.2, 0.25) is 5.91 Å². The van der Waals surface area contributed by atoms with Gasteiger partial charge < -0.3 is 10.4 Å². The Morgan fingerprint density at radius 3 is 2.73 bits per heavy atom. The van der Waals surface area contributed by atoms with Gasteiger partial charge in [-0.05, 0) is 29.3 Å². The molecule has 22 heavy (non-hydrogen) atoms. The molecule has 2 aromatic carbocycles. The first-order valence-corrected chi connectivity index (χ1v) is 7.41. The van der Waals surface area contributed by atoms with E-state index in [1.165, 1.54) is 0 Å². The Morgan fingerprint density at radius 2 is 2.09 bits per heavy atom. The Morgan fingerprint density at radius 1 is 1.36 bits per heavy atom. The molecule has 0 radical (unpaired) electrons. The Labute approximate surface area is 130 Å². The number of nitrogens with one attached hydrogen (secondary N) is 1. The van der Waals surface area contributed by atoms with Gasteiger partial charge in [0.15, 0.2) is 0 Å². The molecule has 0 aliphatic rings. The predicted molar refractivity (Wildman–Crippen MR) is 86.5 cm³/mol. The topological polar surface area (TPSA) is 73.1 Å². The van der Waals surface area contributed by atoms with Crippen molar-refractivity contribution in [2.45, 2.75) is 26.2 Å². The van der Waals surface area contributed by atoms with Crippen LogP contribution in [0.3, 0.4) is 0 Å². The second-order valence-electron chi connectivity index (χ2n) is 5.40. The molecule has 0 heterocycles. The fourth-order valence-corrected chi connectivity index (χ4v) is 2.61. The highest BCUT2D eigenvalue weighted by molar-refractivity contribution is 5.89. The van der Waals surface area contributed by atoms with Crippen LogP contribution in [0.1, 0.15) is 36.0 Å². The summed E-state index contributed by atoms with van der Waals surface area (Å²) in [5.74, 6) is -0.357. The maximum atomic E-state index is 11.5. The molecule has 2 rings (SSSR count). The molecule has 0 spiro atoms. The molecule has 0 aromatic heterocycles. The standard InChI is InChI=1S/C18H20N2O2/c1-3-17(22)20-10-15(11-21)18-14(9-19)7-6-13-5-4-12(2)8-16(13)18/h4-8,15,21H,3,10-11H2,1-2H3,(H,20,22)/t15-/m0/s1. The summed E-state index contributed by atoms with van der Waals surface area (Å²) in [5.41, 5.74) is 2.45. The van der Waals surface area contributed by atoms with E-state index in [0.29, 0.717) is 18.5 Å². The van der Waals surface area contributed by atoms with Crippen molar-refractivity contribution in [1.29, 1.82) is 5.26 Å². The van der Waals surface area contributed by atoms with Gasteiger partial charge in [0.05, 0.1) is 18.2 Å². The predicted octanol–water partition coefficient (Wildman–Crippen LogP) is 2.62. The third kappa shape index (κ3) is 3.26. The molecule has 1 amide bonds. The Balaban J connectivity index is 2.52. The molecular weight excluding hydrogens is 276 g/mol. The summed E-state index contributed by atoms with van der Waals surface area (Å²) in [6, 6.07) is 11.9. The SMILES string of the molecule is CCC(=O)NC[C@@H](CO)c1c(C#N)ccc2ccc(C)cc12. The number of aryl methyl sites for hydroxylation is 1. The molecule has 0 fully saturated rings. The van der Waals surface area contributed by atoms with Gasteiger partial charge in [-0.1, -0.05) is 36.8 Å². The Bertz CT molecular complexity index is 732. The zero-order chi connectivity index (χ0) is 16.1. The first-order valence-electron chi connectivity index (χ1n) is 7.41. The van der Waals surface area contributed by atoms with E-state index in [9.17, 15) is 15.2 Å². The molecule has 2 N–H and O–H groups in total. The second kappa shape index (κ2) is 7.06.